The lowest BCUT2D eigenvalue weighted by Crippen LogP contribution is -2.12. The molecule has 0 atom stereocenters. The predicted octanol–water partition coefficient (Wildman–Crippen LogP) is 2.26. The number of rotatable bonds is 0. The molecule has 70 valence electrons. The van der Waals surface area contributed by atoms with Crippen molar-refractivity contribution in [1.82, 2.24) is 14.8 Å². The standard InChI is InChI=1S/C10H8BrN3/c11-9-3-1-2-8-7(9)4-5-14-10(8)12-6-13-14/h1-3,6H,4-5H2. The van der Waals surface area contributed by atoms with Crippen molar-refractivity contribution in [2.45, 2.75) is 13.0 Å². The van der Waals surface area contributed by atoms with Gasteiger partial charge in [-0.05, 0) is 18.1 Å². The number of nitrogens with zero attached hydrogens (tertiary/aromatic N) is 3. The monoisotopic (exact) mass is 249 g/mol. The Hall–Kier alpha value is -1.16. The summed E-state index contributed by atoms with van der Waals surface area (Å²) >= 11 is 3.56. The van der Waals surface area contributed by atoms with Crippen molar-refractivity contribution in [2.75, 3.05) is 0 Å². The molecule has 0 unspecified atom stereocenters. The molecule has 2 aromatic rings. The van der Waals surface area contributed by atoms with E-state index in [2.05, 4.69) is 38.1 Å². The SMILES string of the molecule is Brc1cccc2c1CCn1ncnc1-2. The first-order valence-electron chi connectivity index (χ1n) is 4.52. The maximum Gasteiger partial charge on any atom is 0.158 e. The molecule has 0 saturated heterocycles. The highest BCUT2D eigenvalue weighted by Gasteiger charge is 2.18. The van der Waals surface area contributed by atoms with Crippen molar-refractivity contribution >= 4 is 15.9 Å². The zero-order valence-electron chi connectivity index (χ0n) is 7.44. The second-order valence-corrected chi connectivity index (χ2v) is 4.18. The molecule has 2 heterocycles. The molecule has 3 nitrogen and oxygen atoms in total. The maximum absolute atomic E-state index is 4.27. The van der Waals surface area contributed by atoms with Crippen LogP contribution in [0.3, 0.4) is 0 Å². The number of benzene rings is 1. The van der Waals surface area contributed by atoms with Crippen LogP contribution in [0.4, 0.5) is 0 Å². The fourth-order valence-electron chi connectivity index (χ4n) is 1.88. The largest absolute Gasteiger partial charge is 0.245 e. The zero-order chi connectivity index (χ0) is 9.54. The second-order valence-electron chi connectivity index (χ2n) is 3.32. The summed E-state index contributed by atoms with van der Waals surface area (Å²) < 4.78 is 3.12. The Kier molecular flexibility index (Phi) is 1.70. The van der Waals surface area contributed by atoms with Gasteiger partial charge < -0.3 is 0 Å². The van der Waals surface area contributed by atoms with Gasteiger partial charge in [-0.3, -0.25) is 0 Å². The van der Waals surface area contributed by atoms with Crippen molar-refractivity contribution in [3.8, 4) is 11.4 Å². The van der Waals surface area contributed by atoms with E-state index in [0.29, 0.717) is 0 Å². The summed E-state index contributed by atoms with van der Waals surface area (Å²) in [4.78, 5) is 4.27. The maximum atomic E-state index is 4.27. The van der Waals surface area contributed by atoms with Crippen molar-refractivity contribution in [1.29, 1.82) is 0 Å². The van der Waals surface area contributed by atoms with Crippen molar-refractivity contribution in [2.24, 2.45) is 0 Å². The van der Waals surface area contributed by atoms with Crippen molar-refractivity contribution < 1.29 is 0 Å². The Morgan fingerprint density at radius 1 is 1.36 bits per heavy atom. The van der Waals surface area contributed by atoms with Crippen LogP contribution in [0, 0.1) is 0 Å². The van der Waals surface area contributed by atoms with Gasteiger partial charge in [-0.1, -0.05) is 28.1 Å². The summed E-state index contributed by atoms with van der Waals surface area (Å²) in [6.45, 7) is 0.922. The number of aromatic nitrogens is 3. The molecule has 1 aromatic heterocycles. The smallest absolute Gasteiger partial charge is 0.158 e. The second kappa shape index (κ2) is 2.92. The van der Waals surface area contributed by atoms with Crippen LogP contribution in [0.15, 0.2) is 29.0 Å². The van der Waals surface area contributed by atoms with E-state index in [1.165, 1.54) is 15.6 Å². The molecular formula is C10H8BrN3. The molecule has 1 aliphatic heterocycles. The molecule has 0 radical (unpaired) electrons. The molecule has 3 rings (SSSR count). The average Bonchev–Trinajstić information content (AvgIpc) is 2.66. The topological polar surface area (TPSA) is 30.7 Å². The van der Waals surface area contributed by atoms with Crippen LogP contribution in [-0.2, 0) is 13.0 Å². The number of hydrogen-bond acceptors (Lipinski definition) is 2. The van der Waals surface area contributed by atoms with E-state index in [-0.39, 0.29) is 0 Å². The first-order valence-corrected chi connectivity index (χ1v) is 5.31. The number of aryl methyl sites for hydroxylation is 1. The molecule has 0 bridgehead atoms. The number of halogens is 1. The highest BCUT2D eigenvalue weighted by Crippen LogP contribution is 2.31. The normalized spacial score (nSPS) is 13.5. The first kappa shape index (κ1) is 8.17. The van der Waals surface area contributed by atoms with Crippen LogP contribution in [0.1, 0.15) is 5.56 Å². The van der Waals surface area contributed by atoms with E-state index in [1.807, 2.05) is 10.7 Å². The van der Waals surface area contributed by atoms with Crippen LogP contribution < -0.4 is 0 Å². The third-order valence-electron chi connectivity index (χ3n) is 2.55. The van der Waals surface area contributed by atoms with Gasteiger partial charge in [0.2, 0.25) is 0 Å². The Morgan fingerprint density at radius 2 is 2.29 bits per heavy atom. The summed E-state index contributed by atoms with van der Waals surface area (Å²) in [5.74, 6) is 0.979. The van der Waals surface area contributed by atoms with Crippen LogP contribution >= 0.6 is 15.9 Å². The Morgan fingerprint density at radius 3 is 3.21 bits per heavy atom. The van der Waals surface area contributed by atoms with E-state index in [9.17, 15) is 0 Å². The highest BCUT2D eigenvalue weighted by atomic mass is 79.9. The summed E-state index contributed by atoms with van der Waals surface area (Å²) in [6.07, 6.45) is 2.64. The highest BCUT2D eigenvalue weighted by molar-refractivity contribution is 9.10. The Labute approximate surface area is 89.9 Å². The molecule has 1 aliphatic rings. The van der Waals surface area contributed by atoms with E-state index < -0.39 is 0 Å². The lowest BCUT2D eigenvalue weighted by Gasteiger charge is -2.17. The lowest BCUT2D eigenvalue weighted by atomic mass is 10.0. The van der Waals surface area contributed by atoms with Gasteiger partial charge >= 0.3 is 0 Å². The first-order chi connectivity index (χ1) is 6.86. The molecule has 0 saturated carbocycles. The van der Waals surface area contributed by atoms with E-state index >= 15 is 0 Å². The van der Waals surface area contributed by atoms with Gasteiger partial charge in [0, 0.05) is 16.6 Å². The molecule has 4 heteroatoms. The average molecular weight is 250 g/mol. The van der Waals surface area contributed by atoms with Crippen LogP contribution in [0.2, 0.25) is 0 Å². The third-order valence-corrected chi connectivity index (χ3v) is 3.29. The molecule has 0 N–H and O–H groups in total. The van der Waals surface area contributed by atoms with Crippen LogP contribution in [0.25, 0.3) is 11.4 Å². The minimum absolute atomic E-state index is 0.922. The summed E-state index contributed by atoms with van der Waals surface area (Å²) in [7, 11) is 0. The molecular weight excluding hydrogens is 242 g/mol. The van der Waals surface area contributed by atoms with E-state index in [0.717, 1.165) is 18.8 Å². The Balaban J connectivity index is 2.31. The predicted molar refractivity (Wildman–Crippen MR) is 56.9 cm³/mol. The molecule has 0 aliphatic carbocycles. The number of hydrogen-bond donors (Lipinski definition) is 0. The molecule has 0 spiro atoms. The lowest BCUT2D eigenvalue weighted by molar-refractivity contribution is 0.604. The van der Waals surface area contributed by atoms with Gasteiger partial charge in [0.15, 0.2) is 5.82 Å². The van der Waals surface area contributed by atoms with E-state index in [4.69, 9.17) is 0 Å². The van der Waals surface area contributed by atoms with Gasteiger partial charge in [0.05, 0.1) is 0 Å². The minimum Gasteiger partial charge on any atom is -0.245 e. The Bertz CT molecular complexity index is 490. The van der Waals surface area contributed by atoms with Crippen molar-refractivity contribution in [3.63, 3.8) is 0 Å². The van der Waals surface area contributed by atoms with Crippen LogP contribution in [0.5, 0.6) is 0 Å². The van der Waals surface area contributed by atoms with Gasteiger partial charge in [0.1, 0.15) is 6.33 Å². The van der Waals surface area contributed by atoms with E-state index in [1.54, 1.807) is 6.33 Å². The summed E-state index contributed by atoms with van der Waals surface area (Å²) in [6, 6.07) is 6.21. The molecule has 0 amide bonds. The van der Waals surface area contributed by atoms with Gasteiger partial charge in [-0.2, -0.15) is 5.10 Å². The molecule has 0 fully saturated rings. The fourth-order valence-corrected chi connectivity index (χ4v) is 2.44. The molecule has 14 heavy (non-hydrogen) atoms. The van der Waals surface area contributed by atoms with Crippen molar-refractivity contribution in [3.05, 3.63) is 34.6 Å². The zero-order valence-corrected chi connectivity index (χ0v) is 9.03. The number of fused-ring (bicyclic) bond motifs is 3. The third kappa shape index (κ3) is 1.04. The van der Waals surface area contributed by atoms with Crippen LogP contribution in [-0.4, -0.2) is 14.8 Å². The minimum atomic E-state index is 0.922. The van der Waals surface area contributed by atoms with Gasteiger partial charge in [-0.25, -0.2) is 9.67 Å². The molecule has 1 aromatic carbocycles. The quantitative estimate of drug-likeness (QED) is 0.718. The van der Waals surface area contributed by atoms with Gasteiger partial charge in [0.25, 0.3) is 0 Å². The summed E-state index contributed by atoms with van der Waals surface area (Å²) in [5.41, 5.74) is 2.54. The van der Waals surface area contributed by atoms with Gasteiger partial charge in [-0.15, -0.1) is 0 Å². The summed E-state index contributed by atoms with van der Waals surface area (Å²) in [5, 5.41) is 4.18. The fraction of sp³-hybridized carbons (Fsp3) is 0.200.